The molecule has 2 heterocycles. The minimum absolute atomic E-state index is 0.398. The highest BCUT2D eigenvalue weighted by molar-refractivity contribution is 5.94. The van der Waals surface area contributed by atoms with Crippen LogP contribution in [0.2, 0.25) is 0 Å². The number of ether oxygens (including phenoxy) is 1. The second kappa shape index (κ2) is 5.99. The maximum absolute atomic E-state index is 11.6. The van der Waals surface area contributed by atoms with Gasteiger partial charge in [0.2, 0.25) is 0 Å². The van der Waals surface area contributed by atoms with Gasteiger partial charge >= 0.3 is 5.97 Å². The molecular weight excluding hydrogens is 244 g/mol. The number of carbonyl (C=O) groups excluding carboxylic acids is 1. The Hall–Kier alpha value is -2.37. The summed E-state index contributed by atoms with van der Waals surface area (Å²) in [6, 6.07) is 3.38. The Morgan fingerprint density at radius 3 is 3.05 bits per heavy atom. The molecule has 0 fully saturated rings. The number of nitrogens with one attached hydrogen (secondary N) is 1. The molecule has 0 amide bonds. The summed E-state index contributed by atoms with van der Waals surface area (Å²) in [6.07, 6.45) is 5.40. The second-order valence-corrected chi connectivity index (χ2v) is 4.10. The third-order valence-electron chi connectivity index (χ3n) is 2.61. The number of rotatable bonds is 5. The van der Waals surface area contributed by atoms with E-state index in [1.54, 1.807) is 24.5 Å². The molecule has 0 aromatic carbocycles. The van der Waals surface area contributed by atoms with Gasteiger partial charge in [0.15, 0.2) is 0 Å². The molecule has 2 aromatic rings. The molecular formula is C13H16N4O2. The molecule has 0 aliphatic rings. The average Bonchev–Trinajstić information content (AvgIpc) is 2.84. The topological polar surface area (TPSA) is 69.0 Å². The van der Waals surface area contributed by atoms with Crippen LogP contribution >= 0.6 is 0 Å². The first-order valence-electron chi connectivity index (χ1n) is 5.97. The van der Waals surface area contributed by atoms with E-state index >= 15 is 0 Å². The molecule has 0 spiro atoms. The highest BCUT2D eigenvalue weighted by atomic mass is 16.5. The molecule has 2 rings (SSSR count). The number of carbonyl (C=O) groups is 1. The highest BCUT2D eigenvalue weighted by Gasteiger charge is 2.11. The third-order valence-corrected chi connectivity index (χ3v) is 2.61. The lowest BCUT2D eigenvalue weighted by molar-refractivity contribution is 0.0601. The third kappa shape index (κ3) is 3.31. The van der Waals surface area contributed by atoms with Gasteiger partial charge in [-0.15, -0.1) is 0 Å². The summed E-state index contributed by atoms with van der Waals surface area (Å²) in [5.74, 6) is 0.128. The Balaban J connectivity index is 1.97. The maximum atomic E-state index is 11.6. The van der Waals surface area contributed by atoms with Gasteiger partial charge in [0.25, 0.3) is 0 Å². The van der Waals surface area contributed by atoms with Crippen molar-refractivity contribution in [3.8, 4) is 0 Å². The summed E-state index contributed by atoms with van der Waals surface area (Å²) >= 11 is 0. The SMILES string of the molecule is COC(=O)c1cccnc1NCCn1cc(C)cn1. The van der Waals surface area contributed by atoms with Crippen molar-refractivity contribution in [2.24, 2.45) is 0 Å². The number of nitrogens with zero attached hydrogens (tertiary/aromatic N) is 3. The van der Waals surface area contributed by atoms with Crippen LogP contribution in [0.1, 0.15) is 15.9 Å². The smallest absolute Gasteiger partial charge is 0.341 e. The molecule has 6 nitrogen and oxygen atoms in total. The summed E-state index contributed by atoms with van der Waals surface area (Å²) in [7, 11) is 1.35. The Bertz CT molecular complexity index is 565. The molecule has 0 atom stereocenters. The highest BCUT2D eigenvalue weighted by Crippen LogP contribution is 2.12. The number of hydrogen-bond acceptors (Lipinski definition) is 5. The largest absolute Gasteiger partial charge is 0.465 e. The van der Waals surface area contributed by atoms with Gasteiger partial charge < -0.3 is 10.1 Å². The predicted octanol–water partition coefficient (Wildman–Crippen LogP) is 1.49. The van der Waals surface area contributed by atoms with Crippen LogP contribution in [-0.4, -0.2) is 34.4 Å². The van der Waals surface area contributed by atoms with Gasteiger partial charge in [-0.2, -0.15) is 5.10 Å². The number of aromatic nitrogens is 3. The lowest BCUT2D eigenvalue weighted by Crippen LogP contribution is -2.15. The molecule has 0 saturated carbocycles. The van der Waals surface area contributed by atoms with Gasteiger partial charge in [-0.3, -0.25) is 4.68 Å². The van der Waals surface area contributed by atoms with Gasteiger partial charge in [0.05, 0.1) is 19.9 Å². The summed E-state index contributed by atoms with van der Waals surface area (Å²) in [6.45, 7) is 3.32. The van der Waals surface area contributed by atoms with Gasteiger partial charge in [-0.25, -0.2) is 9.78 Å². The minimum Gasteiger partial charge on any atom is -0.465 e. The predicted molar refractivity (Wildman–Crippen MR) is 71.0 cm³/mol. The summed E-state index contributed by atoms with van der Waals surface area (Å²) < 4.78 is 6.54. The van der Waals surface area contributed by atoms with Crippen LogP contribution in [0.3, 0.4) is 0 Å². The van der Waals surface area contributed by atoms with Gasteiger partial charge in [-0.05, 0) is 24.6 Å². The second-order valence-electron chi connectivity index (χ2n) is 4.10. The fourth-order valence-electron chi connectivity index (χ4n) is 1.70. The first-order valence-corrected chi connectivity index (χ1v) is 5.97. The first kappa shape index (κ1) is 13.1. The molecule has 100 valence electrons. The molecule has 6 heteroatoms. The molecule has 1 N–H and O–H groups in total. The molecule has 19 heavy (non-hydrogen) atoms. The van der Waals surface area contributed by atoms with E-state index in [1.807, 2.05) is 17.8 Å². The average molecular weight is 260 g/mol. The quantitative estimate of drug-likeness (QED) is 0.825. The monoisotopic (exact) mass is 260 g/mol. The molecule has 0 aliphatic carbocycles. The van der Waals surface area contributed by atoms with E-state index in [0.29, 0.717) is 24.5 Å². The van der Waals surface area contributed by atoms with Crippen molar-refractivity contribution in [1.29, 1.82) is 0 Å². The van der Waals surface area contributed by atoms with Crippen LogP contribution in [-0.2, 0) is 11.3 Å². The number of aryl methyl sites for hydroxylation is 1. The number of methoxy groups -OCH3 is 1. The van der Waals surface area contributed by atoms with E-state index in [1.165, 1.54) is 7.11 Å². The number of pyridine rings is 1. The van der Waals surface area contributed by atoms with Crippen molar-refractivity contribution < 1.29 is 9.53 Å². The van der Waals surface area contributed by atoms with Crippen LogP contribution in [0.15, 0.2) is 30.7 Å². The Morgan fingerprint density at radius 1 is 1.53 bits per heavy atom. The van der Waals surface area contributed by atoms with Gasteiger partial charge in [0, 0.05) is 18.9 Å². The standard InChI is InChI=1S/C13H16N4O2/c1-10-8-16-17(9-10)7-6-15-12-11(13(18)19-2)4-3-5-14-12/h3-5,8-9H,6-7H2,1-2H3,(H,14,15). The van der Waals surface area contributed by atoms with Crippen LogP contribution in [0.25, 0.3) is 0 Å². The molecule has 0 unspecified atom stereocenters. The van der Waals surface area contributed by atoms with Crippen LogP contribution in [0, 0.1) is 6.92 Å². The van der Waals surface area contributed by atoms with E-state index in [2.05, 4.69) is 15.4 Å². The normalized spacial score (nSPS) is 10.2. The lowest BCUT2D eigenvalue weighted by atomic mass is 10.2. The number of anilines is 1. The zero-order valence-electron chi connectivity index (χ0n) is 11.0. The van der Waals surface area contributed by atoms with Crippen molar-refractivity contribution in [3.63, 3.8) is 0 Å². The molecule has 2 aromatic heterocycles. The zero-order chi connectivity index (χ0) is 13.7. The van der Waals surface area contributed by atoms with Crippen molar-refractivity contribution in [1.82, 2.24) is 14.8 Å². The van der Waals surface area contributed by atoms with Crippen molar-refractivity contribution >= 4 is 11.8 Å². The van der Waals surface area contributed by atoms with Crippen LogP contribution in [0.4, 0.5) is 5.82 Å². The Morgan fingerprint density at radius 2 is 2.37 bits per heavy atom. The lowest BCUT2D eigenvalue weighted by Gasteiger charge is -2.09. The minimum atomic E-state index is -0.398. The van der Waals surface area contributed by atoms with E-state index < -0.39 is 5.97 Å². The molecule has 0 radical (unpaired) electrons. The van der Waals surface area contributed by atoms with E-state index in [4.69, 9.17) is 4.74 Å². The summed E-state index contributed by atoms with van der Waals surface area (Å²) in [4.78, 5) is 15.7. The number of esters is 1. The van der Waals surface area contributed by atoms with E-state index in [9.17, 15) is 4.79 Å². The van der Waals surface area contributed by atoms with Crippen molar-refractivity contribution in [3.05, 3.63) is 41.9 Å². The van der Waals surface area contributed by atoms with Crippen molar-refractivity contribution in [2.45, 2.75) is 13.5 Å². The number of hydrogen-bond donors (Lipinski definition) is 1. The van der Waals surface area contributed by atoms with E-state index in [-0.39, 0.29) is 0 Å². The first-order chi connectivity index (χ1) is 9.20. The summed E-state index contributed by atoms with van der Waals surface area (Å²) in [5.41, 5.74) is 1.55. The molecule has 0 bridgehead atoms. The van der Waals surface area contributed by atoms with Crippen LogP contribution in [0.5, 0.6) is 0 Å². The van der Waals surface area contributed by atoms with E-state index in [0.717, 1.165) is 5.56 Å². The molecule has 0 saturated heterocycles. The van der Waals surface area contributed by atoms with Crippen LogP contribution < -0.4 is 5.32 Å². The van der Waals surface area contributed by atoms with Gasteiger partial charge in [-0.1, -0.05) is 0 Å². The van der Waals surface area contributed by atoms with Gasteiger partial charge in [0.1, 0.15) is 11.4 Å². The van der Waals surface area contributed by atoms with Crippen molar-refractivity contribution in [2.75, 3.05) is 19.0 Å². The Labute approximate surface area is 111 Å². The molecule has 0 aliphatic heterocycles. The zero-order valence-corrected chi connectivity index (χ0v) is 11.0. The Kier molecular flexibility index (Phi) is 4.12. The fraction of sp³-hybridized carbons (Fsp3) is 0.308. The summed E-state index contributed by atoms with van der Waals surface area (Å²) in [5, 5.41) is 7.30. The fourth-order valence-corrected chi connectivity index (χ4v) is 1.70. The maximum Gasteiger partial charge on any atom is 0.341 e.